The van der Waals surface area contributed by atoms with Crippen molar-refractivity contribution in [3.8, 4) is 0 Å². The highest BCUT2D eigenvalue weighted by atomic mass is 16.6. The normalized spacial score (nSPS) is 28.2. The van der Waals surface area contributed by atoms with Gasteiger partial charge >= 0.3 is 13.2 Å². The quantitative estimate of drug-likeness (QED) is 0.743. The van der Waals surface area contributed by atoms with Gasteiger partial charge in [-0.2, -0.15) is 0 Å². The van der Waals surface area contributed by atoms with Crippen LogP contribution >= 0.6 is 0 Å². The van der Waals surface area contributed by atoms with E-state index < -0.39 is 13.2 Å². The van der Waals surface area contributed by atoms with Gasteiger partial charge in [-0.15, -0.1) is 0 Å². The van der Waals surface area contributed by atoms with Gasteiger partial charge in [0.1, 0.15) is 6.61 Å². The number of allylic oxidation sites excluding steroid dienone is 3. The van der Waals surface area contributed by atoms with Crippen molar-refractivity contribution in [1.82, 2.24) is 5.32 Å². The maximum atomic E-state index is 10.6. The maximum Gasteiger partial charge on any atom is 0.495 e. The third kappa shape index (κ3) is 2.12. The molecule has 3 aliphatic rings. The third-order valence-electron chi connectivity index (χ3n) is 3.89. The summed E-state index contributed by atoms with van der Waals surface area (Å²) in [4.78, 5) is 10.6. The highest BCUT2D eigenvalue weighted by Crippen LogP contribution is 2.39. The molecule has 7 heteroatoms. The van der Waals surface area contributed by atoms with Gasteiger partial charge in [0.05, 0.1) is 18.5 Å². The van der Waals surface area contributed by atoms with E-state index in [2.05, 4.69) is 5.32 Å². The molecule has 0 saturated carbocycles. The van der Waals surface area contributed by atoms with Gasteiger partial charge in [0.2, 0.25) is 0 Å². The number of carboxylic acid groups (broad SMARTS) is 1. The van der Waals surface area contributed by atoms with Gasteiger partial charge in [-0.1, -0.05) is 0 Å². The van der Waals surface area contributed by atoms with Crippen molar-refractivity contribution in [1.29, 1.82) is 0 Å². The molecule has 20 heavy (non-hydrogen) atoms. The zero-order chi connectivity index (χ0) is 14.3. The van der Waals surface area contributed by atoms with Crippen molar-refractivity contribution in [3.63, 3.8) is 0 Å². The largest absolute Gasteiger partial charge is 0.497 e. The second-order valence-corrected chi connectivity index (χ2v) is 5.07. The molecule has 0 aromatic heterocycles. The van der Waals surface area contributed by atoms with Crippen molar-refractivity contribution in [2.24, 2.45) is 0 Å². The molecule has 6 nitrogen and oxygen atoms in total. The number of hydrogen-bond acceptors (Lipinski definition) is 4. The zero-order valence-electron chi connectivity index (χ0n) is 11.4. The average Bonchev–Trinajstić information content (AvgIpc) is 2.61. The lowest BCUT2D eigenvalue weighted by Gasteiger charge is -2.29. The number of hydrogen-bond donors (Lipinski definition) is 2. The van der Waals surface area contributed by atoms with Crippen molar-refractivity contribution in [3.05, 3.63) is 34.5 Å². The van der Waals surface area contributed by atoms with E-state index in [9.17, 15) is 4.79 Å². The zero-order valence-corrected chi connectivity index (χ0v) is 11.4. The van der Waals surface area contributed by atoms with E-state index in [0.717, 1.165) is 22.2 Å². The summed E-state index contributed by atoms with van der Waals surface area (Å²) < 4.78 is 17.1. The SMILES string of the molecule is CC1=C2C=COCC3=C2B(OC3C)OC1CNC(=O)O. The van der Waals surface area contributed by atoms with Gasteiger partial charge in [0, 0.05) is 6.54 Å². The molecular formula is C13H16BNO5. The highest BCUT2D eigenvalue weighted by molar-refractivity contribution is 6.57. The summed E-state index contributed by atoms with van der Waals surface area (Å²) >= 11 is 0. The summed E-state index contributed by atoms with van der Waals surface area (Å²) in [5, 5.41) is 11.1. The lowest BCUT2D eigenvalue weighted by molar-refractivity contribution is 0.138. The van der Waals surface area contributed by atoms with E-state index in [-0.39, 0.29) is 18.8 Å². The molecular weight excluding hydrogens is 261 g/mol. The average molecular weight is 277 g/mol. The van der Waals surface area contributed by atoms with Crippen LogP contribution in [-0.4, -0.2) is 43.7 Å². The van der Waals surface area contributed by atoms with Crippen molar-refractivity contribution >= 4 is 13.2 Å². The molecule has 106 valence electrons. The van der Waals surface area contributed by atoms with E-state index >= 15 is 0 Å². The lowest BCUT2D eigenvalue weighted by Crippen LogP contribution is -2.42. The highest BCUT2D eigenvalue weighted by Gasteiger charge is 2.45. The Bertz CT molecular complexity index is 539. The van der Waals surface area contributed by atoms with Crippen LogP contribution in [0, 0.1) is 0 Å². The first kappa shape index (κ1) is 13.3. The first-order chi connectivity index (χ1) is 9.58. The molecule has 3 rings (SSSR count). The van der Waals surface area contributed by atoms with Gasteiger partial charge in [0.25, 0.3) is 0 Å². The Morgan fingerprint density at radius 2 is 2.35 bits per heavy atom. The Morgan fingerprint density at radius 1 is 1.55 bits per heavy atom. The monoisotopic (exact) mass is 277 g/mol. The molecule has 3 heterocycles. The minimum atomic E-state index is -1.06. The van der Waals surface area contributed by atoms with Crippen molar-refractivity contribution in [2.45, 2.75) is 26.1 Å². The standard InChI is InChI=1S/C13H16BNO5/c1-7-9-3-4-18-6-10-8(2)19-14(12(9)10)20-11(7)5-15-13(16)17/h3-4,8,11,15H,5-6H2,1-2H3,(H,16,17). The van der Waals surface area contributed by atoms with Crippen LogP contribution in [0.1, 0.15) is 13.8 Å². The minimum absolute atomic E-state index is 0.0520. The molecule has 0 bridgehead atoms. The Hall–Kier alpha value is -1.73. The fourth-order valence-electron chi connectivity index (χ4n) is 2.79. The summed E-state index contributed by atoms with van der Waals surface area (Å²) in [5.41, 5.74) is 4.16. The molecule has 1 amide bonds. The fraction of sp³-hybridized carbons (Fsp3) is 0.462. The van der Waals surface area contributed by atoms with Crippen LogP contribution in [0.3, 0.4) is 0 Å². The van der Waals surface area contributed by atoms with Crippen LogP contribution in [0.15, 0.2) is 34.5 Å². The van der Waals surface area contributed by atoms with E-state index in [1.165, 1.54) is 0 Å². The Balaban J connectivity index is 1.96. The van der Waals surface area contributed by atoms with Gasteiger partial charge in [0.15, 0.2) is 0 Å². The van der Waals surface area contributed by atoms with Gasteiger partial charge in [-0.05, 0) is 42.1 Å². The molecule has 2 atom stereocenters. The Morgan fingerprint density at radius 3 is 3.10 bits per heavy atom. The number of nitrogens with one attached hydrogen (secondary N) is 1. The van der Waals surface area contributed by atoms with Crippen LogP contribution in [0.2, 0.25) is 0 Å². The Labute approximate surface area is 117 Å². The summed E-state index contributed by atoms with van der Waals surface area (Å²) in [6.07, 6.45) is 2.14. The van der Waals surface area contributed by atoms with E-state index in [1.54, 1.807) is 6.26 Å². The molecule has 0 radical (unpaired) electrons. The van der Waals surface area contributed by atoms with Crippen LogP contribution < -0.4 is 5.32 Å². The summed E-state index contributed by atoms with van der Waals surface area (Å²) in [6, 6.07) is 0. The van der Waals surface area contributed by atoms with E-state index in [0.29, 0.717) is 6.61 Å². The molecule has 0 saturated heterocycles. The second-order valence-electron chi connectivity index (χ2n) is 5.07. The number of amides is 1. The number of rotatable bonds is 2. The molecule has 2 unspecified atom stereocenters. The topological polar surface area (TPSA) is 77.0 Å². The minimum Gasteiger partial charge on any atom is -0.497 e. The molecule has 3 aliphatic heterocycles. The van der Waals surface area contributed by atoms with Crippen LogP contribution in [0.5, 0.6) is 0 Å². The number of carbonyl (C=O) groups is 1. The summed E-state index contributed by atoms with van der Waals surface area (Å²) in [7, 11) is -0.439. The van der Waals surface area contributed by atoms with Gasteiger partial charge in [-0.25, -0.2) is 4.79 Å². The molecule has 0 aromatic carbocycles. The predicted molar refractivity (Wildman–Crippen MR) is 72.0 cm³/mol. The van der Waals surface area contributed by atoms with Gasteiger partial charge < -0.3 is 24.5 Å². The number of ether oxygens (including phenoxy) is 1. The van der Waals surface area contributed by atoms with Crippen molar-refractivity contribution < 1.29 is 23.9 Å². The lowest BCUT2D eigenvalue weighted by atomic mass is 9.69. The fourth-order valence-corrected chi connectivity index (χ4v) is 2.79. The summed E-state index contributed by atoms with van der Waals surface area (Å²) in [5.74, 6) is 0. The smallest absolute Gasteiger partial charge is 0.495 e. The predicted octanol–water partition coefficient (Wildman–Crippen LogP) is 1.26. The van der Waals surface area contributed by atoms with Crippen molar-refractivity contribution in [2.75, 3.05) is 13.2 Å². The molecule has 0 aliphatic carbocycles. The summed E-state index contributed by atoms with van der Waals surface area (Å²) in [6.45, 7) is 4.62. The molecule has 0 spiro atoms. The van der Waals surface area contributed by atoms with Crippen LogP contribution in [0.25, 0.3) is 0 Å². The van der Waals surface area contributed by atoms with Crippen LogP contribution in [0.4, 0.5) is 4.79 Å². The third-order valence-corrected chi connectivity index (χ3v) is 3.89. The first-order valence-corrected chi connectivity index (χ1v) is 6.58. The maximum absolute atomic E-state index is 10.6. The second kappa shape index (κ2) is 4.99. The van der Waals surface area contributed by atoms with Crippen LogP contribution in [-0.2, 0) is 14.0 Å². The van der Waals surface area contributed by atoms with E-state index in [1.807, 2.05) is 19.9 Å². The molecule has 0 fully saturated rings. The molecule has 2 N–H and O–H groups in total. The van der Waals surface area contributed by atoms with Gasteiger partial charge in [-0.3, -0.25) is 0 Å². The first-order valence-electron chi connectivity index (χ1n) is 6.58. The Kier molecular flexibility index (Phi) is 3.31. The molecule has 0 aromatic rings. The van der Waals surface area contributed by atoms with E-state index in [4.69, 9.17) is 19.2 Å².